The van der Waals surface area contributed by atoms with Crippen molar-refractivity contribution in [3.05, 3.63) is 23.8 Å². The lowest BCUT2D eigenvalue weighted by atomic mass is 9.76. The minimum absolute atomic E-state index is 0.231. The number of nitrogens with zero attached hydrogens (tertiary/aromatic N) is 2. The van der Waals surface area contributed by atoms with Crippen LogP contribution in [-0.2, 0) is 19.5 Å². The van der Waals surface area contributed by atoms with Crippen molar-refractivity contribution in [2.45, 2.75) is 103 Å². The first-order valence-corrected chi connectivity index (χ1v) is 12.5. The Balaban J connectivity index is 1.38. The molecule has 1 amide bonds. The Morgan fingerprint density at radius 3 is 2.12 bits per heavy atom. The predicted octanol–water partition coefficient (Wildman–Crippen LogP) is 3.87. The number of hydrogen-bond donors (Lipinski definition) is 0. The first-order chi connectivity index (χ1) is 14.9. The zero-order valence-corrected chi connectivity index (χ0v) is 20.9. The SMILES string of the molecule is CC1CCN(C2CC(N3C(=O)C(C)(C)c4ccc(B5OC(C)(C)C(C)(C)O5)cc43)C2)CC1. The van der Waals surface area contributed by atoms with Gasteiger partial charge in [0.1, 0.15) is 0 Å². The molecule has 3 aliphatic heterocycles. The summed E-state index contributed by atoms with van der Waals surface area (Å²) in [6.07, 6.45) is 4.76. The molecule has 0 atom stereocenters. The van der Waals surface area contributed by atoms with Crippen LogP contribution in [0.3, 0.4) is 0 Å². The third-order valence-corrected chi connectivity index (χ3v) is 9.02. The van der Waals surface area contributed by atoms with Gasteiger partial charge >= 0.3 is 7.12 Å². The first kappa shape index (κ1) is 22.4. The minimum atomic E-state index is -0.491. The number of likely N-dealkylation sites (tertiary alicyclic amines) is 1. The van der Waals surface area contributed by atoms with Crippen molar-refractivity contribution >= 4 is 24.2 Å². The highest BCUT2D eigenvalue weighted by Gasteiger charge is 2.54. The van der Waals surface area contributed by atoms with Gasteiger partial charge in [0, 0.05) is 17.8 Å². The van der Waals surface area contributed by atoms with E-state index in [2.05, 4.69) is 76.5 Å². The van der Waals surface area contributed by atoms with E-state index in [1.165, 1.54) is 25.9 Å². The Hall–Kier alpha value is -1.37. The van der Waals surface area contributed by atoms with Crippen LogP contribution in [0.2, 0.25) is 0 Å². The van der Waals surface area contributed by atoms with Gasteiger partial charge in [0.2, 0.25) is 5.91 Å². The van der Waals surface area contributed by atoms with Crippen LogP contribution in [0, 0.1) is 5.92 Å². The van der Waals surface area contributed by atoms with Crippen molar-refractivity contribution < 1.29 is 14.1 Å². The second kappa shape index (κ2) is 7.32. The lowest BCUT2D eigenvalue weighted by Gasteiger charge is -2.48. The number of benzene rings is 1. The quantitative estimate of drug-likeness (QED) is 0.672. The number of fused-ring (bicyclic) bond motifs is 1. The first-order valence-electron chi connectivity index (χ1n) is 12.5. The zero-order valence-electron chi connectivity index (χ0n) is 20.9. The maximum Gasteiger partial charge on any atom is 0.494 e. The van der Waals surface area contributed by atoms with E-state index < -0.39 is 12.5 Å². The fourth-order valence-electron chi connectivity index (χ4n) is 5.75. The highest BCUT2D eigenvalue weighted by atomic mass is 16.7. The average molecular weight is 438 g/mol. The van der Waals surface area contributed by atoms with E-state index in [0.29, 0.717) is 12.1 Å². The zero-order chi connectivity index (χ0) is 23.1. The summed E-state index contributed by atoms with van der Waals surface area (Å²) in [4.78, 5) is 18.3. The number of carbonyl (C=O) groups excluding carboxylic acids is 1. The maximum absolute atomic E-state index is 13.5. The van der Waals surface area contributed by atoms with Crippen molar-refractivity contribution in [2.24, 2.45) is 5.92 Å². The lowest BCUT2D eigenvalue weighted by Crippen LogP contribution is -2.57. The molecule has 0 aromatic heterocycles. The second-order valence-corrected chi connectivity index (χ2v) is 12.2. The lowest BCUT2D eigenvalue weighted by molar-refractivity contribution is -0.123. The fraction of sp³-hybridized carbons (Fsp3) is 0.731. The van der Waals surface area contributed by atoms with Crippen molar-refractivity contribution in [3.8, 4) is 0 Å². The van der Waals surface area contributed by atoms with Gasteiger partial charge in [-0.1, -0.05) is 19.1 Å². The predicted molar refractivity (Wildman–Crippen MR) is 129 cm³/mol. The number of carbonyl (C=O) groups is 1. The Labute approximate surface area is 194 Å². The molecule has 0 N–H and O–H groups in total. The van der Waals surface area contributed by atoms with Gasteiger partial charge in [-0.25, -0.2) is 0 Å². The summed E-state index contributed by atoms with van der Waals surface area (Å²) in [5.41, 5.74) is 1.94. The molecule has 1 aromatic rings. The van der Waals surface area contributed by atoms with Crippen molar-refractivity contribution in [3.63, 3.8) is 0 Å². The molecule has 0 spiro atoms. The third-order valence-electron chi connectivity index (χ3n) is 9.02. The van der Waals surface area contributed by atoms with E-state index in [0.717, 1.165) is 35.5 Å². The van der Waals surface area contributed by atoms with E-state index in [4.69, 9.17) is 9.31 Å². The van der Waals surface area contributed by atoms with Crippen LogP contribution in [0.15, 0.2) is 18.2 Å². The molecule has 6 heteroatoms. The Morgan fingerprint density at radius 2 is 1.53 bits per heavy atom. The maximum atomic E-state index is 13.5. The summed E-state index contributed by atoms with van der Waals surface area (Å²) in [5, 5.41) is 0. The van der Waals surface area contributed by atoms with Crippen molar-refractivity contribution in [1.82, 2.24) is 4.90 Å². The number of piperidine rings is 1. The van der Waals surface area contributed by atoms with Gasteiger partial charge in [-0.3, -0.25) is 4.79 Å². The van der Waals surface area contributed by atoms with Crippen LogP contribution < -0.4 is 10.4 Å². The largest absolute Gasteiger partial charge is 0.494 e. The summed E-state index contributed by atoms with van der Waals surface area (Å²) in [5.74, 6) is 1.08. The van der Waals surface area contributed by atoms with Gasteiger partial charge in [-0.15, -0.1) is 0 Å². The molecule has 4 aliphatic rings. The molecule has 1 saturated carbocycles. The van der Waals surface area contributed by atoms with Crippen molar-refractivity contribution in [1.29, 1.82) is 0 Å². The molecule has 1 aliphatic carbocycles. The highest BCUT2D eigenvalue weighted by molar-refractivity contribution is 6.62. The molecule has 1 aromatic carbocycles. The van der Waals surface area contributed by atoms with Crippen LogP contribution in [0.5, 0.6) is 0 Å². The number of hydrogen-bond acceptors (Lipinski definition) is 4. The summed E-state index contributed by atoms with van der Waals surface area (Å²) in [6.45, 7) is 17.2. The fourth-order valence-corrected chi connectivity index (χ4v) is 5.75. The van der Waals surface area contributed by atoms with Crippen LogP contribution in [-0.4, -0.2) is 54.3 Å². The van der Waals surface area contributed by atoms with Crippen LogP contribution in [0.1, 0.15) is 79.7 Å². The smallest absolute Gasteiger partial charge is 0.399 e. The third kappa shape index (κ3) is 3.36. The van der Waals surface area contributed by atoms with Crippen LogP contribution in [0.25, 0.3) is 0 Å². The minimum Gasteiger partial charge on any atom is -0.399 e. The molecular weight excluding hydrogens is 399 g/mol. The van der Waals surface area contributed by atoms with E-state index >= 15 is 0 Å². The van der Waals surface area contributed by atoms with E-state index in [1.54, 1.807) is 0 Å². The molecule has 0 bridgehead atoms. The summed E-state index contributed by atoms with van der Waals surface area (Å²) < 4.78 is 12.6. The molecule has 0 radical (unpaired) electrons. The summed E-state index contributed by atoms with van der Waals surface area (Å²) in [7, 11) is -0.407. The van der Waals surface area contributed by atoms with Crippen LogP contribution >= 0.6 is 0 Å². The Kier molecular flexibility index (Phi) is 5.13. The van der Waals surface area contributed by atoms with E-state index in [9.17, 15) is 4.79 Å². The Bertz CT molecular complexity index is 898. The molecule has 174 valence electrons. The van der Waals surface area contributed by atoms with Gasteiger partial charge in [-0.05, 0) is 103 Å². The van der Waals surface area contributed by atoms with E-state index in [1.807, 2.05) is 0 Å². The molecule has 5 rings (SSSR count). The summed E-state index contributed by atoms with van der Waals surface area (Å²) in [6, 6.07) is 7.27. The average Bonchev–Trinajstić information content (AvgIpc) is 3.02. The number of amides is 1. The molecule has 5 nitrogen and oxygen atoms in total. The normalized spacial score (nSPS) is 31.7. The van der Waals surface area contributed by atoms with Gasteiger partial charge in [0.05, 0.1) is 16.6 Å². The van der Waals surface area contributed by atoms with Gasteiger partial charge in [-0.2, -0.15) is 0 Å². The molecule has 32 heavy (non-hydrogen) atoms. The topological polar surface area (TPSA) is 42.0 Å². The number of anilines is 1. The molecule has 2 saturated heterocycles. The second-order valence-electron chi connectivity index (χ2n) is 12.2. The van der Waals surface area contributed by atoms with Crippen LogP contribution in [0.4, 0.5) is 5.69 Å². The standard InChI is InChI=1S/C26H39BN2O3/c1-17-10-12-28(13-11-17)19-15-20(16-19)29-22-14-18(8-9-21(22)24(2,3)23(29)30)27-31-25(4,5)26(6,7)32-27/h8-9,14,17,19-20H,10-13,15-16H2,1-7H3. The van der Waals surface area contributed by atoms with Gasteiger partial charge in [0.15, 0.2) is 0 Å². The monoisotopic (exact) mass is 438 g/mol. The van der Waals surface area contributed by atoms with Gasteiger partial charge < -0.3 is 19.1 Å². The molecule has 3 fully saturated rings. The molecule has 0 unspecified atom stereocenters. The molecule has 3 heterocycles. The summed E-state index contributed by atoms with van der Waals surface area (Å²) >= 11 is 0. The van der Waals surface area contributed by atoms with E-state index in [-0.39, 0.29) is 17.1 Å². The van der Waals surface area contributed by atoms with Crippen molar-refractivity contribution in [2.75, 3.05) is 18.0 Å². The Morgan fingerprint density at radius 1 is 0.938 bits per heavy atom. The number of rotatable bonds is 3. The highest BCUT2D eigenvalue weighted by Crippen LogP contribution is 2.46. The van der Waals surface area contributed by atoms with Gasteiger partial charge in [0.25, 0.3) is 0 Å². The molecular formula is C26H39BN2O3.